The molecule has 0 unspecified atom stereocenters. The normalized spacial score (nSPS) is 18.1. The third-order valence-corrected chi connectivity index (χ3v) is 4.70. The number of amides is 1. The molecular weight excluding hydrogens is 319 g/mol. The van der Waals surface area contributed by atoms with Crippen molar-refractivity contribution in [3.05, 3.63) is 59.4 Å². The van der Waals surface area contributed by atoms with E-state index in [1.54, 1.807) is 24.2 Å². The van der Waals surface area contributed by atoms with Crippen LogP contribution in [0.3, 0.4) is 0 Å². The maximum atomic E-state index is 13.9. The van der Waals surface area contributed by atoms with Crippen LogP contribution in [0.15, 0.2) is 36.7 Å². The van der Waals surface area contributed by atoms with Crippen LogP contribution in [0.2, 0.25) is 0 Å². The van der Waals surface area contributed by atoms with Crippen LogP contribution in [-0.2, 0) is 6.54 Å². The van der Waals surface area contributed by atoms with Gasteiger partial charge in [-0.15, -0.1) is 0 Å². The minimum Gasteiger partial charge on any atom is -0.336 e. The molecule has 0 aliphatic carbocycles. The van der Waals surface area contributed by atoms with Crippen molar-refractivity contribution in [3.63, 3.8) is 0 Å². The third-order valence-electron chi connectivity index (χ3n) is 4.70. The van der Waals surface area contributed by atoms with Gasteiger partial charge in [0.25, 0.3) is 5.91 Å². The summed E-state index contributed by atoms with van der Waals surface area (Å²) in [5.74, 6) is -0.297. The molecule has 1 amide bonds. The van der Waals surface area contributed by atoms with Gasteiger partial charge in [-0.05, 0) is 32.4 Å². The summed E-state index contributed by atoms with van der Waals surface area (Å²) >= 11 is 0. The van der Waals surface area contributed by atoms with Crippen molar-refractivity contribution in [3.8, 4) is 0 Å². The Bertz CT molecular complexity index is 734. The fourth-order valence-corrected chi connectivity index (χ4v) is 3.21. The Morgan fingerprint density at radius 1 is 1.32 bits per heavy atom. The Morgan fingerprint density at radius 3 is 2.84 bits per heavy atom. The van der Waals surface area contributed by atoms with Crippen LogP contribution >= 0.6 is 0 Å². The molecule has 6 heteroatoms. The van der Waals surface area contributed by atoms with E-state index in [9.17, 15) is 9.18 Å². The number of nitrogens with zero attached hydrogens (tertiary/aromatic N) is 4. The van der Waals surface area contributed by atoms with Crippen molar-refractivity contribution in [1.29, 1.82) is 0 Å². The second-order valence-corrected chi connectivity index (χ2v) is 6.58. The van der Waals surface area contributed by atoms with E-state index in [-0.39, 0.29) is 17.8 Å². The molecule has 132 valence electrons. The van der Waals surface area contributed by atoms with Gasteiger partial charge >= 0.3 is 0 Å². The summed E-state index contributed by atoms with van der Waals surface area (Å²) in [6.07, 6.45) is 5.05. The van der Waals surface area contributed by atoms with Crippen LogP contribution in [0.5, 0.6) is 0 Å². The number of carbonyl (C=O) groups is 1. The van der Waals surface area contributed by atoms with E-state index in [4.69, 9.17) is 0 Å². The molecule has 1 aromatic heterocycles. The van der Waals surface area contributed by atoms with Gasteiger partial charge in [0, 0.05) is 37.9 Å². The van der Waals surface area contributed by atoms with E-state index in [1.807, 2.05) is 19.1 Å². The molecule has 1 fully saturated rings. The summed E-state index contributed by atoms with van der Waals surface area (Å²) in [6.45, 7) is 4.05. The largest absolute Gasteiger partial charge is 0.336 e. The highest BCUT2D eigenvalue weighted by atomic mass is 19.1. The molecule has 1 aromatic carbocycles. The Kier molecular flexibility index (Phi) is 5.38. The topological polar surface area (TPSA) is 49.3 Å². The van der Waals surface area contributed by atoms with Gasteiger partial charge < -0.3 is 4.90 Å². The summed E-state index contributed by atoms with van der Waals surface area (Å²) in [4.78, 5) is 24.9. The zero-order valence-electron chi connectivity index (χ0n) is 14.7. The number of carbonyl (C=O) groups excluding carboxylic acids is 1. The summed E-state index contributed by atoms with van der Waals surface area (Å²) in [7, 11) is 1.81. The lowest BCUT2D eigenvalue weighted by molar-refractivity contribution is 0.0602. The predicted octanol–water partition coefficient (Wildman–Crippen LogP) is 2.66. The first-order valence-corrected chi connectivity index (χ1v) is 8.56. The van der Waals surface area contributed by atoms with Gasteiger partial charge in [0.2, 0.25) is 0 Å². The first-order chi connectivity index (χ1) is 12.0. The number of halogens is 1. The highest BCUT2D eigenvalue weighted by Gasteiger charge is 2.27. The second-order valence-electron chi connectivity index (χ2n) is 6.58. The van der Waals surface area contributed by atoms with Crippen LogP contribution in [-0.4, -0.2) is 51.9 Å². The summed E-state index contributed by atoms with van der Waals surface area (Å²) in [5, 5.41) is 0. The molecule has 1 atom stereocenters. The highest BCUT2D eigenvalue weighted by Crippen LogP contribution is 2.19. The maximum absolute atomic E-state index is 13.9. The van der Waals surface area contributed by atoms with E-state index < -0.39 is 0 Å². The summed E-state index contributed by atoms with van der Waals surface area (Å²) in [6, 6.07) is 6.95. The molecular formula is C19H23FN4O. The van der Waals surface area contributed by atoms with Crippen LogP contribution in [0, 0.1) is 12.7 Å². The number of rotatable bonds is 4. The van der Waals surface area contributed by atoms with Gasteiger partial charge in [-0.1, -0.05) is 18.2 Å². The third kappa shape index (κ3) is 4.20. The molecule has 0 bridgehead atoms. The molecule has 2 aromatic rings. The molecule has 2 heterocycles. The van der Waals surface area contributed by atoms with Crippen molar-refractivity contribution >= 4 is 5.91 Å². The highest BCUT2D eigenvalue weighted by molar-refractivity contribution is 5.92. The van der Waals surface area contributed by atoms with E-state index in [1.165, 1.54) is 12.3 Å². The Hall–Kier alpha value is -2.34. The number of hydrogen-bond acceptors (Lipinski definition) is 4. The number of aromatic nitrogens is 2. The average molecular weight is 342 g/mol. The zero-order chi connectivity index (χ0) is 17.8. The maximum Gasteiger partial charge on any atom is 0.274 e. The van der Waals surface area contributed by atoms with E-state index in [0.29, 0.717) is 17.8 Å². The summed E-state index contributed by atoms with van der Waals surface area (Å²) < 4.78 is 13.9. The second kappa shape index (κ2) is 7.70. The number of benzene rings is 1. The van der Waals surface area contributed by atoms with E-state index in [2.05, 4.69) is 14.9 Å². The van der Waals surface area contributed by atoms with Gasteiger partial charge in [0.1, 0.15) is 11.5 Å². The number of aryl methyl sites for hydroxylation is 1. The molecule has 0 N–H and O–H groups in total. The first kappa shape index (κ1) is 17.5. The molecule has 3 rings (SSSR count). The Labute approximate surface area is 147 Å². The van der Waals surface area contributed by atoms with Crippen molar-refractivity contribution in [1.82, 2.24) is 19.8 Å². The minimum atomic E-state index is -0.177. The van der Waals surface area contributed by atoms with Crippen molar-refractivity contribution in [2.75, 3.05) is 20.1 Å². The molecule has 5 nitrogen and oxygen atoms in total. The number of likely N-dealkylation sites (tertiary alicyclic amines) is 1. The van der Waals surface area contributed by atoms with Crippen LogP contribution in [0.4, 0.5) is 4.39 Å². The molecule has 25 heavy (non-hydrogen) atoms. The van der Waals surface area contributed by atoms with Crippen LogP contribution in [0.25, 0.3) is 0 Å². The quantitative estimate of drug-likeness (QED) is 0.857. The lowest BCUT2D eigenvalue weighted by Crippen LogP contribution is -2.48. The smallest absolute Gasteiger partial charge is 0.274 e. The number of likely N-dealkylation sites (N-methyl/N-ethyl adjacent to an activating group) is 1. The molecule has 1 aliphatic rings. The lowest BCUT2D eigenvalue weighted by Gasteiger charge is -2.37. The van der Waals surface area contributed by atoms with E-state index in [0.717, 1.165) is 31.6 Å². The molecule has 1 aliphatic heterocycles. The van der Waals surface area contributed by atoms with Gasteiger partial charge in [-0.25, -0.2) is 9.37 Å². The van der Waals surface area contributed by atoms with Gasteiger partial charge in [0.15, 0.2) is 0 Å². The van der Waals surface area contributed by atoms with Gasteiger partial charge in [-0.3, -0.25) is 14.7 Å². The number of hydrogen-bond donors (Lipinski definition) is 0. The number of piperidine rings is 1. The zero-order valence-corrected chi connectivity index (χ0v) is 14.7. The molecule has 0 radical (unpaired) electrons. The van der Waals surface area contributed by atoms with Crippen molar-refractivity contribution in [2.24, 2.45) is 0 Å². The lowest BCUT2D eigenvalue weighted by atomic mass is 10.0. The average Bonchev–Trinajstić information content (AvgIpc) is 2.63. The van der Waals surface area contributed by atoms with Crippen molar-refractivity contribution < 1.29 is 9.18 Å². The molecule has 0 spiro atoms. The Balaban J connectivity index is 1.65. The van der Waals surface area contributed by atoms with Gasteiger partial charge in [-0.2, -0.15) is 0 Å². The molecule has 0 saturated carbocycles. The van der Waals surface area contributed by atoms with Crippen LogP contribution < -0.4 is 0 Å². The van der Waals surface area contributed by atoms with Gasteiger partial charge in [0.05, 0.1) is 11.9 Å². The van der Waals surface area contributed by atoms with E-state index >= 15 is 0 Å². The van der Waals surface area contributed by atoms with Crippen molar-refractivity contribution in [2.45, 2.75) is 32.4 Å². The predicted molar refractivity (Wildman–Crippen MR) is 93.6 cm³/mol. The molecule has 1 saturated heterocycles. The Morgan fingerprint density at radius 2 is 2.12 bits per heavy atom. The monoisotopic (exact) mass is 342 g/mol. The SMILES string of the molecule is Cc1cnc(C(=O)N(C)[C@@H]2CCCN(Cc3ccccc3F)C2)cn1. The summed E-state index contributed by atoms with van der Waals surface area (Å²) in [5.41, 5.74) is 1.84. The standard InChI is InChI=1S/C19H23FN4O/c1-14-10-22-18(11-21-14)19(25)23(2)16-7-5-9-24(13-16)12-15-6-3-4-8-17(15)20/h3-4,6,8,10-11,16H,5,7,9,12-13H2,1-2H3/t16-/m1/s1. The fourth-order valence-electron chi connectivity index (χ4n) is 3.21. The first-order valence-electron chi connectivity index (χ1n) is 8.56. The van der Waals surface area contributed by atoms with Crippen LogP contribution in [0.1, 0.15) is 34.6 Å². The minimum absolute atomic E-state index is 0.0936. The fraction of sp³-hybridized carbons (Fsp3) is 0.421.